The fraction of sp³-hybridized carbons (Fsp3) is 0.529. The van der Waals surface area contributed by atoms with Crippen LogP contribution < -0.4 is 5.32 Å². The molecular formula is C17H22N4O3. The van der Waals surface area contributed by atoms with Gasteiger partial charge in [-0.3, -0.25) is 0 Å². The molecule has 0 aliphatic carbocycles. The van der Waals surface area contributed by atoms with Crippen molar-refractivity contribution in [2.75, 3.05) is 32.9 Å². The van der Waals surface area contributed by atoms with Crippen LogP contribution in [-0.2, 0) is 9.47 Å². The first-order chi connectivity index (χ1) is 11.7. The van der Waals surface area contributed by atoms with Crippen LogP contribution in [0.1, 0.15) is 25.2 Å². The lowest BCUT2D eigenvalue weighted by atomic mass is 10.0. The van der Waals surface area contributed by atoms with Gasteiger partial charge in [0.15, 0.2) is 0 Å². The summed E-state index contributed by atoms with van der Waals surface area (Å²) < 4.78 is 11.3. The number of urea groups is 1. The molecule has 1 unspecified atom stereocenters. The van der Waals surface area contributed by atoms with Crippen molar-refractivity contribution in [1.29, 1.82) is 0 Å². The lowest BCUT2D eigenvalue weighted by Crippen LogP contribution is -2.56. The van der Waals surface area contributed by atoms with Crippen molar-refractivity contribution in [1.82, 2.24) is 20.2 Å². The van der Waals surface area contributed by atoms with E-state index in [4.69, 9.17) is 9.47 Å². The summed E-state index contributed by atoms with van der Waals surface area (Å²) in [6.45, 7) is 4.92. The Morgan fingerprint density at radius 3 is 3.08 bits per heavy atom. The number of nitrogens with zero attached hydrogens (tertiary/aromatic N) is 2. The lowest BCUT2D eigenvalue weighted by Gasteiger charge is -2.39. The first-order valence-electron chi connectivity index (χ1n) is 8.37. The number of imidazole rings is 1. The van der Waals surface area contributed by atoms with Crippen LogP contribution in [-0.4, -0.2) is 59.4 Å². The summed E-state index contributed by atoms with van der Waals surface area (Å²) in [5.41, 5.74) is 1.56. The van der Waals surface area contributed by atoms with Gasteiger partial charge in [-0.2, -0.15) is 0 Å². The van der Waals surface area contributed by atoms with E-state index in [9.17, 15) is 4.79 Å². The summed E-state index contributed by atoms with van der Waals surface area (Å²) in [4.78, 5) is 22.2. The molecule has 1 aromatic heterocycles. The molecule has 2 aromatic rings. The van der Waals surface area contributed by atoms with E-state index in [0.29, 0.717) is 32.9 Å². The number of ether oxygens (including phenoxy) is 2. The molecule has 2 aliphatic heterocycles. The second kappa shape index (κ2) is 6.07. The summed E-state index contributed by atoms with van der Waals surface area (Å²) in [6, 6.07) is 7.57. The maximum Gasteiger partial charge on any atom is 0.318 e. The molecule has 1 aromatic carbocycles. The number of benzene rings is 1. The Labute approximate surface area is 140 Å². The summed E-state index contributed by atoms with van der Waals surface area (Å²) in [7, 11) is 0. The lowest BCUT2D eigenvalue weighted by molar-refractivity contribution is -0.0976. The highest BCUT2D eigenvalue weighted by atomic mass is 16.6. The number of carbonyl (C=O) groups excluding carboxylic acids is 1. The molecule has 1 spiro atoms. The molecule has 24 heavy (non-hydrogen) atoms. The molecule has 0 saturated carbocycles. The predicted octanol–water partition coefficient (Wildman–Crippen LogP) is 1.82. The zero-order chi connectivity index (χ0) is 16.6. The van der Waals surface area contributed by atoms with Crippen molar-refractivity contribution in [2.24, 2.45) is 0 Å². The highest BCUT2D eigenvalue weighted by Crippen LogP contribution is 2.27. The fourth-order valence-electron chi connectivity index (χ4n) is 3.37. The van der Waals surface area contributed by atoms with Crippen molar-refractivity contribution in [3.05, 3.63) is 30.1 Å². The van der Waals surface area contributed by atoms with Crippen LogP contribution in [0.25, 0.3) is 11.0 Å². The number of rotatable bonds is 2. The Morgan fingerprint density at radius 2 is 2.29 bits per heavy atom. The molecule has 3 heterocycles. The van der Waals surface area contributed by atoms with E-state index in [-0.39, 0.29) is 17.7 Å². The van der Waals surface area contributed by atoms with Crippen LogP contribution >= 0.6 is 0 Å². The first kappa shape index (κ1) is 15.4. The van der Waals surface area contributed by atoms with E-state index in [1.807, 2.05) is 36.1 Å². The molecule has 7 heteroatoms. The Hall–Kier alpha value is -2.12. The zero-order valence-corrected chi connectivity index (χ0v) is 13.7. The number of morpholine rings is 1. The van der Waals surface area contributed by atoms with Crippen LogP contribution in [0, 0.1) is 0 Å². The summed E-state index contributed by atoms with van der Waals surface area (Å²) in [5, 5.41) is 3.03. The van der Waals surface area contributed by atoms with Gasteiger partial charge in [0.25, 0.3) is 0 Å². The van der Waals surface area contributed by atoms with Crippen molar-refractivity contribution < 1.29 is 14.3 Å². The van der Waals surface area contributed by atoms with Gasteiger partial charge in [0, 0.05) is 19.6 Å². The normalized spacial score (nSPS) is 25.3. The maximum atomic E-state index is 12.6. The highest BCUT2D eigenvalue weighted by Gasteiger charge is 2.41. The number of carbonyl (C=O) groups is 1. The molecule has 2 N–H and O–H groups in total. The van der Waals surface area contributed by atoms with Gasteiger partial charge in [0.1, 0.15) is 11.4 Å². The van der Waals surface area contributed by atoms with E-state index in [2.05, 4.69) is 15.3 Å². The van der Waals surface area contributed by atoms with Crippen molar-refractivity contribution in [2.45, 2.75) is 25.0 Å². The molecule has 2 saturated heterocycles. The minimum Gasteiger partial charge on any atom is -0.378 e. The van der Waals surface area contributed by atoms with Crippen LogP contribution in [0.15, 0.2) is 24.3 Å². The molecule has 128 valence electrons. The molecule has 2 amide bonds. The number of hydrogen-bond acceptors (Lipinski definition) is 4. The molecule has 2 fully saturated rings. The minimum atomic E-state index is -0.321. The van der Waals surface area contributed by atoms with Gasteiger partial charge in [-0.15, -0.1) is 0 Å². The van der Waals surface area contributed by atoms with E-state index in [1.54, 1.807) is 0 Å². The summed E-state index contributed by atoms with van der Waals surface area (Å²) in [5.74, 6) is 0.761. The number of aromatic amines is 1. The average molecular weight is 330 g/mol. The van der Waals surface area contributed by atoms with Gasteiger partial charge >= 0.3 is 6.03 Å². The number of hydrogen-bond donors (Lipinski definition) is 2. The number of aromatic nitrogens is 2. The van der Waals surface area contributed by atoms with Crippen molar-refractivity contribution in [3.63, 3.8) is 0 Å². The predicted molar refractivity (Wildman–Crippen MR) is 88.7 cm³/mol. The van der Waals surface area contributed by atoms with E-state index >= 15 is 0 Å². The van der Waals surface area contributed by atoms with E-state index in [1.165, 1.54) is 0 Å². The third-order valence-corrected chi connectivity index (χ3v) is 4.76. The molecule has 0 bridgehead atoms. The summed E-state index contributed by atoms with van der Waals surface area (Å²) >= 11 is 0. The molecular weight excluding hydrogens is 308 g/mol. The highest BCUT2D eigenvalue weighted by molar-refractivity contribution is 5.76. The quantitative estimate of drug-likeness (QED) is 0.880. The molecule has 2 aliphatic rings. The van der Waals surface area contributed by atoms with Crippen LogP contribution in [0.2, 0.25) is 0 Å². The van der Waals surface area contributed by atoms with Gasteiger partial charge in [0.05, 0.1) is 36.8 Å². The molecule has 7 nitrogen and oxygen atoms in total. The van der Waals surface area contributed by atoms with Crippen molar-refractivity contribution >= 4 is 17.1 Å². The third-order valence-electron chi connectivity index (χ3n) is 4.76. The fourth-order valence-corrected chi connectivity index (χ4v) is 3.37. The largest absolute Gasteiger partial charge is 0.378 e. The van der Waals surface area contributed by atoms with Crippen LogP contribution in [0.4, 0.5) is 4.79 Å². The second-order valence-electron chi connectivity index (χ2n) is 6.57. The standard InChI is InChI=1S/C17H22N4O3/c1-12(15-19-13-4-2-3-5-14(13)20-15)18-16(22)21-7-9-24-17(10-21)6-8-23-11-17/h2-5,12H,6-11H2,1H3,(H,18,22)(H,19,20)/t12-,17?/m0/s1. The molecule has 2 atom stereocenters. The van der Waals surface area contributed by atoms with E-state index in [0.717, 1.165) is 23.3 Å². The minimum absolute atomic E-state index is 0.0856. The number of nitrogens with one attached hydrogen (secondary N) is 2. The van der Waals surface area contributed by atoms with Gasteiger partial charge in [-0.25, -0.2) is 9.78 Å². The molecule has 4 rings (SSSR count). The Balaban J connectivity index is 1.43. The third kappa shape index (κ3) is 2.85. The number of para-hydroxylation sites is 2. The average Bonchev–Trinajstić information content (AvgIpc) is 3.22. The number of fused-ring (bicyclic) bond motifs is 1. The molecule has 0 radical (unpaired) electrons. The summed E-state index contributed by atoms with van der Waals surface area (Å²) in [6.07, 6.45) is 0.843. The second-order valence-corrected chi connectivity index (χ2v) is 6.57. The van der Waals surface area contributed by atoms with Crippen molar-refractivity contribution in [3.8, 4) is 0 Å². The van der Waals surface area contributed by atoms with Gasteiger partial charge in [-0.05, 0) is 19.1 Å². The zero-order valence-electron chi connectivity index (χ0n) is 13.7. The van der Waals surface area contributed by atoms with E-state index < -0.39 is 0 Å². The van der Waals surface area contributed by atoms with Crippen LogP contribution in [0.3, 0.4) is 0 Å². The van der Waals surface area contributed by atoms with Gasteiger partial charge in [0.2, 0.25) is 0 Å². The van der Waals surface area contributed by atoms with Gasteiger partial charge in [-0.1, -0.05) is 12.1 Å². The topological polar surface area (TPSA) is 79.5 Å². The Bertz CT molecular complexity index is 705. The number of amides is 2. The van der Waals surface area contributed by atoms with Gasteiger partial charge < -0.3 is 24.7 Å². The maximum absolute atomic E-state index is 12.6. The SMILES string of the molecule is C[C@H](NC(=O)N1CCOC2(CCOC2)C1)c1nc2ccccc2[nH]1. The monoisotopic (exact) mass is 330 g/mol. The van der Waals surface area contributed by atoms with Crippen LogP contribution in [0.5, 0.6) is 0 Å². The smallest absolute Gasteiger partial charge is 0.318 e. The number of H-pyrrole nitrogens is 1. The Morgan fingerprint density at radius 1 is 1.42 bits per heavy atom. The first-order valence-corrected chi connectivity index (χ1v) is 8.37. The Kier molecular flexibility index (Phi) is 3.90.